The first-order valence-corrected chi connectivity index (χ1v) is 18.3. The Morgan fingerprint density at radius 3 is 1.56 bits per heavy atom. The van der Waals surface area contributed by atoms with Crippen molar-refractivity contribution in [1.82, 2.24) is 9.97 Å². The third-order valence-corrected chi connectivity index (χ3v) is 11.7. The number of fused-ring (bicyclic) bond motifs is 8. The second-order valence-electron chi connectivity index (χ2n) is 15.4. The summed E-state index contributed by atoms with van der Waals surface area (Å²) < 4.78 is 0. The molecule has 0 atom stereocenters. The predicted octanol–water partition coefficient (Wildman–Crippen LogP) is 7.80. The zero-order valence-electron chi connectivity index (χ0n) is 31.2. The molecule has 0 bridgehead atoms. The van der Waals surface area contributed by atoms with Gasteiger partial charge in [0.1, 0.15) is 0 Å². The number of aromatic amines is 1. The van der Waals surface area contributed by atoms with Gasteiger partial charge in [-0.2, -0.15) is 0 Å². The van der Waals surface area contributed by atoms with Gasteiger partial charge in [-0.15, -0.1) is 0 Å². The van der Waals surface area contributed by atoms with Crippen molar-refractivity contribution in [2.24, 2.45) is 0 Å². The Morgan fingerprint density at radius 2 is 0.981 bits per heavy atom. The van der Waals surface area contributed by atoms with Gasteiger partial charge in [-0.05, 0) is 85.6 Å². The molecule has 0 saturated carbocycles. The topological polar surface area (TPSA) is 63.0 Å². The van der Waals surface area contributed by atoms with Gasteiger partial charge in [0.05, 0.1) is 16.8 Å². The van der Waals surface area contributed by atoms with Crippen LogP contribution in [0.3, 0.4) is 0 Å². The third kappa shape index (κ3) is 5.02. The maximum atomic E-state index is 12.7. The Kier molecular flexibility index (Phi) is 7.80. The van der Waals surface area contributed by atoms with Crippen molar-refractivity contribution in [3.63, 3.8) is 0 Å². The second-order valence-corrected chi connectivity index (χ2v) is 15.4. The van der Waals surface area contributed by atoms with Gasteiger partial charge >= 0.3 is 18.9 Å². The van der Waals surface area contributed by atoms with Crippen LogP contribution in [0.4, 0.5) is 0 Å². The molecule has 4 nitrogen and oxygen atoms in total. The fourth-order valence-electron chi connectivity index (χ4n) is 9.06. The number of hydrogen-bond donors (Lipinski definition) is 0. The van der Waals surface area contributed by atoms with E-state index in [1.165, 1.54) is 44.5 Å². The van der Waals surface area contributed by atoms with Crippen molar-refractivity contribution in [3.8, 4) is 73.0 Å². The normalized spacial score (nSPS) is 14.1. The van der Waals surface area contributed by atoms with E-state index in [0.717, 1.165) is 50.4 Å². The maximum Gasteiger partial charge on any atom is 1.00 e. The molecule has 2 aromatic heterocycles. The Balaban J connectivity index is 0.00000384. The number of H-pyrrole nitrogens is 1. The molecule has 5 heteroatoms. The first-order chi connectivity index (χ1) is 25.7. The van der Waals surface area contributed by atoms with Crippen LogP contribution in [0.2, 0.25) is 0 Å². The van der Waals surface area contributed by atoms with Gasteiger partial charge in [0.15, 0.2) is 12.0 Å². The summed E-state index contributed by atoms with van der Waals surface area (Å²) in [4.78, 5) is 13.5. The molecule has 0 radical (unpaired) electrons. The minimum absolute atomic E-state index is 0. The van der Waals surface area contributed by atoms with Gasteiger partial charge in [0.2, 0.25) is 5.52 Å². The van der Waals surface area contributed by atoms with Crippen LogP contribution in [0.15, 0.2) is 146 Å². The van der Waals surface area contributed by atoms with E-state index in [1.54, 1.807) is 6.07 Å². The summed E-state index contributed by atoms with van der Waals surface area (Å²) in [6.07, 6.45) is 1.82. The average molecular weight is 691 g/mol. The average Bonchev–Trinajstić information content (AvgIpc) is 3.57. The zero-order valence-corrected chi connectivity index (χ0v) is 31.2. The van der Waals surface area contributed by atoms with Crippen molar-refractivity contribution in [2.75, 3.05) is 0 Å². The summed E-state index contributed by atoms with van der Waals surface area (Å²) in [6, 6.07) is 48.7. The van der Waals surface area contributed by atoms with Crippen LogP contribution in [0, 0.1) is 0 Å². The largest absolute Gasteiger partial charge is 1.00 e. The first-order valence-electron chi connectivity index (χ1n) is 18.3. The van der Waals surface area contributed by atoms with Crippen molar-refractivity contribution in [1.29, 1.82) is 0 Å². The molecular formula is C49H37LiN3O+. The van der Waals surface area contributed by atoms with Gasteiger partial charge in [-0.1, -0.05) is 137 Å². The number of nitrogens with zero attached hydrogens (tertiary/aromatic N) is 2. The van der Waals surface area contributed by atoms with E-state index < -0.39 is 0 Å². The van der Waals surface area contributed by atoms with Crippen LogP contribution in [0.5, 0.6) is 5.75 Å². The number of hydrogen-bond acceptors (Lipinski definition) is 3. The Labute approximate surface area is 327 Å². The molecule has 0 aliphatic heterocycles. The van der Waals surface area contributed by atoms with E-state index in [0.29, 0.717) is 5.52 Å². The molecule has 54 heavy (non-hydrogen) atoms. The minimum atomic E-state index is -0.260. The fraction of sp³-hybridized carbons (Fsp3) is 0.122. The molecule has 6 aromatic carbocycles. The molecule has 0 amide bonds. The molecule has 2 heterocycles. The standard InChI is InChI=1S/C49H37N3O.Li/c1-48(2)39-26-31(33-23-24-43(53)46-38(33)16-11-25-50-46)17-19-34(39)36-21-22-37-35-20-18-32(27-40(35)49(3,4)45(37)44(36)48)47-51-41(29-12-7-5-8-13-29)28-42(52-47)30-14-9-6-10-15-30;/h5-28,53H,1-4H3;/q;+1. The van der Waals surface area contributed by atoms with Crippen molar-refractivity contribution in [3.05, 3.63) is 168 Å². The van der Waals surface area contributed by atoms with E-state index in [4.69, 9.17) is 9.97 Å². The molecule has 2 aliphatic rings. The molecular weight excluding hydrogens is 654 g/mol. The summed E-state index contributed by atoms with van der Waals surface area (Å²) >= 11 is 0. The number of nitrogens with one attached hydrogen (secondary N) is 1. The second kappa shape index (κ2) is 12.4. The van der Waals surface area contributed by atoms with E-state index in [9.17, 15) is 5.11 Å². The molecule has 0 saturated heterocycles. The van der Waals surface area contributed by atoms with Crippen LogP contribution in [-0.4, -0.2) is 9.97 Å². The van der Waals surface area contributed by atoms with Crippen LogP contribution in [0.25, 0.3) is 78.2 Å². The zero-order chi connectivity index (χ0) is 36.1. The van der Waals surface area contributed by atoms with E-state index in [2.05, 4.69) is 136 Å². The Morgan fingerprint density at radius 1 is 0.481 bits per heavy atom. The van der Waals surface area contributed by atoms with Gasteiger partial charge in [0, 0.05) is 33.6 Å². The van der Waals surface area contributed by atoms with Crippen LogP contribution in [-0.2, 0) is 10.8 Å². The first kappa shape index (κ1) is 34.0. The maximum absolute atomic E-state index is 12.7. The fourth-order valence-corrected chi connectivity index (χ4v) is 9.06. The van der Waals surface area contributed by atoms with Gasteiger partial charge in [-0.3, -0.25) is 0 Å². The predicted molar refractivity (Wildman–Crippen MR) is 212 cm³/mol. The summed E-state index contributed by atoms with van der Waals surface area (Å²) in [5, 5.41) is 13.6. The molecule has 1 N–H and O–H groups in total. The molecule has 0 unspecified atom stereocenters. The van der Waals surface area contributed by atoms with Crippen molar-refractivity contribution < 1.29 is 29.0 Å². The number of aromatic nitrogens is 3. The Bertz CT molecular complexity index is 2730. The minimum Gasteiger partial charge on any atom is -0.868 e. The molecule has 10 rings (SSSR count). The van der Waals surface area contributed by atoms with Crippen LogP contribution in [0.1, 0.15) is 49.9 Å². The molecule has 254 valence electrons. The summed E-state index contributed by atoms with van der Waals surface area (Å²) in [6.45, 7) is 9.48. The van der Waals surface area contributed by atoms with Crippen LogP contribution >= 0.6 is 0 Å². The molecule has 2 aliphatic carbocycles. The number of rotatable bonds is 4. The van der Waals surface area contributed by atoms with Gasteiger partial charge < -0.3 is 5.11 Å². The number of pyridine rings is 1. The smallest absolute Gasteiger partial charge is 0.868 e. The quantitative estimate of drug-likeness (QED) is 0.177. The summed E-state index contributed by atoms with van der Waals surface area (Å²) in [7, 11) is 0. The third-order valence-electron chi connectivity index (χ3n) is 11.7. The van der Waals surface area contributed by atoms with Gasteiger partial charge in [-0.25, -0.2) is 15.0 Å². The molecule has 0 spiro atoms. The van der Waals surface area contributed by atoms with Crippen LogP contribution < -0.4 is 29.0 Å². The number of benzene rings is 6. The van der Waals surface area contributed by atoms with E-state index in [-0.39, 0.29) is 35.4 Å². The molecule has 8 aromatic rings. The summed E-state index contributed by atoms with van der Waals surface area (Å²) in [5.41, 5.74) is 17.8. The monoisotopic (exact) mass is 690 g/mol. The van der Waals surface area contributed by atoms with Crippen molar-refractivity contribution in [2.45, 2.75) is 38.5 Å². The summed E-state index contributed by atoms with van der Waals surface area (Å²) in [5.74, 6) is 0.728. The van der Waals surface area contributed by atoms with E-state index in [1.807, 2.05) is 36.5 Å². The van der Waals surface area contributed by atoms with E-state index >= 15 is 0 Å². The van der Waals surface area contributed by atoms with Crippen molar-refractivity contribution >= 4 is 10.9 Å². The SMILES string of the molecule is CC1(C)c2cc(-c3nc(-c4ccccc4)cc(-c4ccccc4)n3)ccc2-c2ccc3c(c21)C(C)(C)c1cc(-c2ccc([O-])c4[nH+]cccc24)ccc1-3.[Li+]. The molecule has 0 fully saturated rings. The Hall–Kier alpha value is -5.79. The van der Waals surface area contributed by atoms with Gasteiger partial charge in [0.25, 0.3) is 0 Å².